The normalized spacial score (nSPS) is 15.8. The molecule has 0 atom stereocenters. The standard InChI is InChI=1S/C25H31ClN6O3/c1-5-22(33)31-9-6-30(7-10-31)8-11-32-16-18(12-17-15-28-25(27-2)29-24(17)32)20-13-19(34-3)14-21(35-4)23(20)26/h5,12-15H,1,6-11,16H2,2-4H3,(H,27,28,29). The molecule has 4 rings (SSSR count). The molecule has 35 heavy (non-hydrogen) atoms. The van der Waals surface area contributed by atoms with Crippen LogP contribution in [-0.4, -0.2) is 92.8 Å². The molecule has 0 radical (unpaired) electrons. The molecule has 1 N–H and O–H groups in total. The van der Waals surface area contributed by atoms with E-state index in [-0.39, 0.29) is 5.91 Å². The third-order valence-corrected chi connectivity index (χ3v) is 6.76. The van der Waals surface area contributed by atoms with Crippen LogP contribution in [0.15, 0.2) is 31.0 Å². The van der Waals surface area contributed by atoms with Crippen molar-refractivity contribution in [2.45, 2.75) is 0 Å². The highest BCUT2D eigenvalue weighted by molar-refractivity contribution is 6.34. The molecule has 186 valence electrons. The number of hydrogen-bond donors (Lipinski definition) is 1. The van der Waals surface area contributed by atoms with Gasteiger partial charge in [-0.2, -0.15) is 4.98 Å². The number of amides is 1. The summed E-state index contributed by atoms with van der Waals surface area (Å²) in [6.07, 6.45) is 5.28. The number of hydrogen-bond acceptors (Lipinski definition) is 8. The lowest BCUT2D eigenvalue weighted by atomic mass is 9.98. The van der Waals surface area contributed by atoms with Crippen molar-refractivity contribution in [3.05, 3.63) is 47.1 Å². The van der Waals surface area contributed by atoms with E-state index in [1.54, 1.807) is 20.3 Å². The second-order valence-corrected chi connectivity index (χ2v) is 8.75. The molecule has 10 heteroatoms. The first kappa shape index (κ1) is 24.8. The molecule has 1 aromatic heterocycles. The molecule has 1 aromatic carbocycles. The molecule has 0 aliphatic carbocycles. The van der Waals surface area contributed by atoms with E-state index in [1.807, 2.05) is 24.2 Å². The quantitative estimate of drug-likeness (QED) is 0.556. The molecule has 0 unspecified atom stereocenters. The van der Waals surface area contributed by atoms with Gasteiger partial charge in [-0.25, -0.2) is 4.98 Å². The van der Waals surface area contributed by atoms with E-state index >= 15 is 0 Å². The maximum absolute atomic E-state index is 11.9. The van der Waals surface area contributed by atoms with Gasteiger partial charge in [-0.05, 0) is 23.8 Å². The van der Waals surface area contributed by atoms with Crippen molar-refractivity contribution in [2.75, 3.05) is 77.3 Å². The van der Waals surface area contributed by atoms with Crippen molar-refractivity contribution in [3.63, 3.8) is 0 Å². The van der Waals surface area contributed by atoms with Gasteiger partial charge in [-0.15, -0.1) is 0 Å². The lowest BCUT2D eigenvalue weighted by Crippen LogP contribution is -2.50. The van der Waals surface area contributed by atoms with E-state index in [1.165, 1.54) is 6.08 Å². The predicted octanol–water partition coefficient (Wildman–Crippen LogP) is 2.88. The molecule has 0 bridgehead atoms. The van der Waals surface area contributed by atoms with E-state index in [0.29, 0.717) is 42.1 Å². The fraction of sp³-hybridized carbons (Fsp3) is 0.400. The minimum absolute atomic E-state index is 0.00808. The van der Waals surface area contributed by atoms with Crippen molar-refractivity contribution < 1.29 is 14.3 Å². The van der Waals surface area contributed by atoms with Crippen molar-refractivity contribution in [1.82, 2.24) is 19.8 Å². The van der Waals surface area contributed by atoms with Crippen molar-refractivity contribution >= 4 is 40.9 Å². The monoisotopic (exact) mass is 498 g/mol. The van der Waals surface area contributed by atoms with Crippen LogP contribution in [-0.2, 0) is 4.79 Å². The van der Waals surface area contributed by atoms with Crippen LogP contribution in [0.4, 0.5) is 11.8 Å². The number of rotatable bonds is 8. The van der Waals surface area contributed by atoms with Crippen LogP contribution in [0.25, 0.3) is 11.6 Å². The number of halogens is 1. The van der Waals surface area contributed by atoms with Crippen LogP contribution in [0.5, 0.6) is 11.5 Å². The summed E-state index contributed by atoms with van der Waals surface area (Å²) in [4.78, 5) is 27.5. The SMILES string of the molecule is C=CC(=O)N1CCN(CCN2CC(c3cc(OC)cc(OC)c3Cl)=Cc3cnc(NC)nc32)CC1. The van der Waals surface area contributed by atoms with Crippen molar-refractivity contribution in [2.24, 2.45) is 0 Å². The fourth-order valence-electron chi connectivity index (χ4n) is 4.38. The highest BCUT2D eigenvalue weighted by Crippen LogP contribution is 2.40. The van der Waals surface area contributed by atoms with Crippen LogP contribution < -0.4 is 19.7 Å². The Bertz CT molecular complexity index is 1130. The number of piperazine rings is 1. The molecular weight excluding hydrogens is 468 g/mol. The van der Waals surface area contributed by atoms with Gasteiger partial charge in [-0.3, -0.25) is 9.69 Å². The summed E-state index contributed by atoms with van der Waals surface area (Å²) in [6.45, 7) is 8.88. The molecule has 0 spiro atoms. The lowest BCUT2D eigenvalue weighted by Gasteiger charge is -2.37. The number of methoxy groups -OCH3 is 2. The van der Waals surface area contributed by atoms with Gasteiger partial charge in [0.2, 0.25) is 11.9 Å². The number of carbonyl (C=O) groups excluding carboxylic acids is 1. The number of ether oxygens (including phenoxy) is 2. The molecule has 0 saturated carbocycles. The van der Waals surface area contributed by atoms with Gasteiger partial charge in [0.1, 0.15) is 17.3 Å². The Morgan fingerprint density at radius 1 is 1.20 bits per heavy atom. The Labute approximate surface area is 211 Å². The van der Waals surface area contributed by atoms with Gasteiger partial charge < -0.3 is 24.6 Å². The molecule has 2 aliphatic rings. The van der Waals surface area contributed by atoms with E-state index in [4.69, 9.17) is 26.1 Å². The molecule has 1 saturated heterocycles. The summed E-state index contributed by atoms with van der Waals surface area (Å²) >= 11 is 6.72. The Kier molecular flexibility index (Phi) is 7.77. The van der Waals surface area contributed by atoms with Crippen LogP contribution in [0.2, 0.25) is 5.02 Å². The van der Waals surface area contributed by atoms with E-state index in [9.17, 15) is 4.79 Å². The molecule has 9 nitrogen and oxygen atoms in total. The summed E-state index contributed by atoms with van der Waals surface area (Å²) in [7, 11) is 5.03. The number of anilines is 2. The van der Waals surface area contributed by atoms with E-state index in [0.717, 1.165) is 48.7 Å². The van der Waals surface area contributed by atoms with Gasteiger partial charge in [0.05, 0.1) is 19.2 Å². The number of nitrogens with one attached hydrogen (secondary N) is 1. The molecule has 2 aromatic rings. The largest absolute Gasteiger partial charge is 0.497 e. The van der Waals surface area contributed by atoms with Crippen LogP contribution in [0, 0.1) is 0 Å². The minimum atomic E-state index is -0.00808. The lowest BCUT2D eigenvalue weighted by molar-refractivity contribution is -0.127. The van der Waals surface area contributed by atoms with Gasteiger partial charge in [-0.1, -0.05) is 18.2 Å². The molecule has 3 heterocycles. The zero-order chi connectivity index (χ0) is 24.9. The van der Waals surface area contributed by atoms with Crippen molar-refractivity contribution in [3.8, 4) is 11.5 Å². The Morgan fingerprint density at radius 2 is 1.97 bits per heavy atom. The molecule has 1 fully saturated rings. The first-order chi connectivity index (χ1) is 17.0. The molecule has 2 aliphatic heterocycles. The van der Waals surface area contributed by atoms with E-state index in [2.05, 4.69) is 32.8 Å². The first-order valence-electron chi connectivity index (χ1n) is 11.5. The highest BCUT2D eigenvalue weighted by Gasteiger charge is 2.26. The number of aromatic nitrogens is 2. The second kappa shape index (κ2) is 11.0. The summed E-state index contributed by atoms with van der Waals surface area (Å²) in [5.74, 6) is 2.68. The average molecular weight is 499 g/mol. The third kappa shape index (κ3) is 5.36. The Balaban J connectivity index is 1.58. The van der Waals surface area contributed by atoms with Crippen molar-refractivity contribution in [1.29, 1.82) is 0 Å². The average Bonchev–Trinajstić information content (AvgIpc) is 2.91. The van der Waals surface area contributed by atoms with Gasteiger partial charge in [0, 0.05) is 76.3 Å². The number of carbonyl (C=O) groups is 1. The summed E-state index contributed by atoms with van der Waals surface area (Å²) in [6, 6.07) is 3.71. The van der Waals surface area contributed by atoms with Gasteiger partial charge >= 0.3 is 0 Å². The number of nitrogens with zero attached hydrogens (tertiary/aromatic N) is 5. The predicted molar refractivity (Wildman–Crippen MR) is 139 cm³/mol. The second-order valence-electron chi connectivity index (χ2n) is 8.38. The molecular formula is C25H31ClN6O3. The maximum atomic E-state index is 11.9. The minimum Gasteiger partial charge on any atom is -0.497 e. The smallest absolute Gasteiger partial charge is 0.246 e. The maximum Gasteiger partial charge on any atom is 0.246 e. The van der Waals surface area contributed by atoms with Gasteiger partial charge in [0.15, 0.2) is 0 Å². The summed E-state index contributed by atoms with van der Waals surface area (Å²) in [5.41, 5.74) is 2.80. The van der Waals surface area contributed by atoms with Crippen LogP contribution in [0.1, 0.15) is 11.1 Å². The zero-order valence-electron chi connectivity index (χ0n) is 20.4. The number of benzene rings is 1. The first-order valence-corrected chi connectivity index (χ1v) is 11.9. The van der Waals surface area contributed by atoms with Gasteiger partial charge in [0.25, 0.3) is 0 Å². The summed E-state index contributed by atoms with van der Waals surface area (Å²) < 4.78 is 11.0. The highest BCUT2D eigenvalue weighted by atomic mass is 35.5. The number of fused-ring (bicyclic) bond motifs is 1. The van der Waals surface area contributed by atoms with Crippen LogP contribution >= 0.6 is 11.6 Å². The Hall–Kier alpha value is -3.30. The topological polar surface area (TPSA) is 83.1 Å². The zero-order valence-corrected chi connectivity index (χ0v) is 21.1. The molecule has 1 amide bonds. The Morgan fingerprint density at radius 3 is 2.63 bits per heavy atom. The summed E-state index contributed by atoms with van der Waals surface area (Å²) in [5, 5.41) is 3.57. The van der Waals surface area contributed by atoms with Crippen LogP contribution in [0.3, 0.4) is 0 Å². The fourth-order valence-corrected chi connectivity index (χ4v) is 4.68. The van der Waals surface area contributed by atoms with E-state index < -0.39 is 0 Å². The third-order valence-electron chi connectivity index (χ3n) is 6.37.